The van der Waals surface area contributed by atoms with Gasteiger partial charge in [-0.25, -0.2) is 9.37 Å². The van der Waals surface area contributed by atoms with Gasteiger partial charge in [0.15, 0.2) is 5.16 Å². The molecule has 0 saturated heterocycles. The van der Waals surface area contributed by atoms with E-state index >= 15 is 0 Å². The van der Waals surface area contributed by atoms with E-state index in [0.29, 0.717) is 16.5 Å². The van der Waals surface area contributed by atoms with Crippen LogP contribution in [-0.2, 0) is 6.42 Å². The highest BCUT2D eigenvalue weighted by Crippen LogP contribution is 2.31. The van der Waals surface area contributed by atoms with Crippen molar-refractivity contribution in [3.63, 3.8) is 0 Å². The van der Waals surface area contributed by atoms with Crippen LogP contribution in [0.15, 0.2) is 40.6 Å². The van der Waals surface area contributed by atoms with Crippen molar-refractivity contribution in [2.24, 2.45) is 5.73 Å². The summed E-state index contributed by atoms with van der Waals surface area (Å²) in [5, 5.41) is 0.682. The third-order valence-corrected chi connectivity index (χ3v) is 3.34. The molecule has 0 bridgehead atoms. The third-order valence-electron chi connectivity index (χ3n) is 2.26. The van der Waals surface area contributed by atoms with E-state index in [4.69, 9.17) is 5.73 Å². The van der Waals surface area contributed by atoms with Crippen LogP contribution in [0.2, 0.25) is 0 Å². The van der Waals surface area contributed by atoms with Crippen molar-refractivity contribution in [1.82, 2.24) is 9.97 Å². The lowest BCUT2D eigenvalue weighted by Crippen LogP contribution is -2.18. The number of benzene rings is 1. The van der Waals surface area contributed by atoms with Gasteiger partial charge < -0.3 is 10.7 Å². The quantitative estimate of drug-likeness (QED) is 0.878. The molecule has 1 aromatic heterocycles. The molecule has 0 amide bonds. The summed E-state index contributed by atoms with van der Waals surface area (Å²) in [7, 11) is 0. The molecule has 1 heterocycles. The van der Waals surface area contributed by atoms with Crippen molar-refractivity contribution in [2.75, 3.05) is 0 Å². The van der Waals surface area contributed by atoms with Crippen LogP contribution in [0.25, 0.3) is 0 Å². The molecule has 3 nitrogen and oxygen atoms in total. The number of nitrogens with two attached hydrogens (primary N) is 1. The second-order valence-electron chi connectivity index (χ2n) is 3.91. The van der Waals surface area contributed by atoms with E-state index in [1.807, 2.05) is 13.0 Å². The molecule has 1 aromatic carbocycles. The SMILES string of the molecule is CC(N)Cc1cccc(F)c1Sc1ncc[nH]1. The number of aromatic nitrogens is 2. The summed E-state index contributed by atoms with van der Waals surface area (Å²) >= 11 is 1.29. The first-order chi connectivity index (χ1) is 8.16. The number of imidazole rings is 1. The van der Waals surface area contributed by atoms with E-state index < -0.39 is 0 Å². The normalized spacial score (nSPS) is 12.6. The molecular formula is C12H14FN3S. The van der Waals surface area contributed by atoms with E-state index in [2.05, 4.69) is 9.97 Å². The lowest BCUT2D eigenvalue weighted by atomic mass is 10.1. The zero-order valence-electron chi connectivity index (χ0n) is 9.48. The number of halogens is 1. The average molecular weight is 251 g/mol. The second kappa shape index (κ2) is 5.33. The minimum absolute atomic E-state index is 0.00718. The Hall–Kier alpha value is -1.33. The first kappa shape index (κ1) is 12.1. The molecule has 0 fully saturated rings. The molecule has 0 aliphatic carbocycles. The minimum atomic E-state index is -0.232. The van der Waals surface area contributed by atoms with Crippen molar-refractivity contribution in [3.05, 3.63) is 42.0 Å². The van der Waals surface area contributed by atoms with Crippen LogP contribution in [0.3, 0.4) is 0 Å². The molecule has 17 heavy (non-hydrogen) atoms. The Bertz CT molecular complexity index is 483. The summed E-state index contributed by atoms with van der Waals surface area (Å²) < 4.78 is 13.8. The minimum Gasteiger partial charge on any atom is -0.339 e. The zero-order chi connectivity index (χ0) is 12.3. The van der Waals surface area contributed by atoms with Crippen LogP contribution in [0.5, 0.6) is 0 Å². The number of nitrogens with one attached hydrogen (secondary N) is 1. The number of rotatable bonds is 4. The van der Waals surface area contributed by atoms with Crippen molar-refractivity contribution in [1.29, 1.82) is 0 Å². The van der Waals surface area contributed by atoms with Crippen LogP contribution >= 0.6 is 11.8 Å². The molecule has 1 atom stereocenters. The summed E-state index contributed by atoms with van der Waals surface area (Å²) in [4.78, 5) is 7.63. The molecular weight excluding hydrogens is 237 g/mol. The third kappa shape index (κ3) is 3.08. The maximum Gasteiger partial charge on any atom is 0.170 e. The van der Waals surface area contributed by atoms with Gasteiger partial charge in [-0.1, -0.05) is 12.1 Å². The molecule has 0 aliphatic heterocycles. The Morgan fingerprint density at radius 1 is 1.53 bits per heavy atom. The van der Waals surface area contributed by atoms with Crippen molar-refractivity contribution in [3.8, 4) is 0 Å². The summed E-state index contributed by atoms with van der Waals surface area (Å²) in [5.41, 5.74) is 6.68. The van der Waals surface area contributed by atoms with Crippen molar-refractivity contribution < 1.29 is 4.39 Å². The van der Waals surface area contributed by atoms with Crippen LogP contribution in [0, 0.1) is 5.82 Å². The molecule has 0 spiro atoms. The molecule has 1 unspecified atom stereocenters. The summed E-state index contributed by atoms with van der Waals surface area (Å²) in [6, 6.07) is 5.07. The highest BCUT2D eigenvalue weighted by Gasteiger charge is 2.12. The van der Waals surface area contributed by atoms with Crippen LogP contribution in [0.1, 0.15) is 12.5 Å². The highest BCUT2D eigenvalue weighted by atomic mass is 32.2. The number of hydrogen-bond donors (Lipinski definition) is 2. The zero-order valence-corrected chi connectivity index (χ0v) is 10.3. The fourth-order valence-corrected chi connectivity index (χ4v) is 2.46. The largest absolute Gasteiger partial charge is 0.339 e. The Morgan fingerprint density at radius 2 is 2.35 bits per heavy atom. The second-order valence-corrected chi connectivity index (χ2v) is 4.90. The fourth-order valence-electron chi connectivity index (χ4n) is 1.58. The summed E-state index contributed by atoms with van der Waals surface area (Å²) in [5.74, 6) is -0.232. The van der Waals surface area contributed by atoms with E-state index in [-0.39, 0.29) is 11.9 Å². The molecule has 90 valence electrons. The number of nitrogens with zero attached hydrogens (tertiary/aromatic N) is 1. The van der Waals surface area contributed by atoms with Crippen LogP contribution in [0.4, 0.5) is 4.39 Å². The van der Waals surface area contributed by atoms with Gasteiger partial charge in [-0.2, -0.15) is 0 Å². The number of hydrogen-bond acceptors (Lipinski definition) is 3. The molecule has 3 N–H and O–H groups in total. The Labute approximate surface area is 104 Å². The Morgan fingerprint density at radius 3 is 3.00 bits per heavy atom. The van der Waals surface area contributed by atoms with Gasteiger partial charge in [-0.15, -0.1) is 0 Å². The standard InChI is InChI=1S/C12H14FN3S/c1-8(14)7-9-3-2-4-10(13)11(9)17-12-15-5-6-16-12/h2-6,8H,7,14H2,1H3,(H,15,16). The van der Waals surface area contributed by atoms with Gasteiger partial charge in [0.2, 0.25) is 0 Å². The molecule has 0 saturated carbocycles. The number of aromatic amines is 1. The van der Waals surface area contributed by atoms with Crippen molar-refractivity contribution >= 4 is 11.8 Å². The Kier molecular flexibility index (Phi) is 3.81. The number of H-pyrrole nitrogens is 1. The average Bonchev–Trinajstić information content (AvgIpc) is 2.75. The van der Waals surface area contributed by atoms with E-state index in [0.717, 1.165) is 5.56 Å². The molecule has 0 aliphatic rings. The van der Waals surface area contributed by atoms with Gasteiger partial charge in [0.25, 0.3) is 0 Å². The van der Waals surface area contributed by atoms with Crippen LogP contribution < -0.4 is 5.73 Å². The topological polar surface area (TPSA) is 54.7 Å². The van der Waals surface area contributed by atoms with E-state index in [1.54, 1.807) is 18.5 Å². The predicted octanol–water partition coefficient (Wildman–Crippen LogP) is 2.59. The molecule has 2 aromatic rings. The van der Waals surface area contributed by atoms with Crippen LogP contribution in [-0.4, -0.2) is 16.0 Å². The van der Waals surface area contributed by atoms with Gasteiger partial charge >= 0.3 is 0 Å². The van der Waals surface area contributed by atoms with Gasteiger partial charge in [0.05, 0.1) is 4.90 Å². The van der Waals surface area contributed by atoms with Gasteiger partial charge in [-0.05, 0) is 36.7 Å². The van der Waals surface area contributed by atoms with Gasteiger partial charge in [-0.3, -0.25) is 0 Å². The lowest BCUT2D eigenvalue weighted by Gasteiger charge is -2.11. The monoisotopic (exact) mass is 251 g/mol. The van der Waals surface area contributed by atoms with E-state index in [1.165, 1.54) is 17.8 Å². The smallest absolute Gasteiger partial charge is 0.170 e. The lowest BCUT2D eigenvalue weighted by molar-refractivity contribution is 0.592. The first-order valence-corrected chi connectivity index (χ1v) is 6.18. The fraction of sp³-hybridized carbons (Fsp3) is 0.250. The molecule has 2 rings (SSSR count). The maximum absolute atomic E-state index is 13.8. The van der Waals surface area contributed by atoms with Crippen molar-refractivity contribution in [2.45, 2.75) is 29.4 Å². The summed E-state index contributed by atoms with van der Waals surface area (Å²) in [6.45, 7) is 1.91. The highest BCUT2D eigenvalue weighted by molar-refractivity contribution is 7.99. The van der Waals surface area contributed by atoms with Gasteiger partial charge in [0, 0.05) is 18.4 Å². The van der Waals surface area contributed by atoms with E-state index in [9.17, 15) is 4.39 Å². The first-order valence-electron chi connectivity index (χ1n) is 5.37. The Balaban J connectivity index is 2.30. The van der Waals surface area contributed by atoms with Gasteiger partial charge in [0.1, 0.15) is 5.82 Å². The predicted molar refractivity (Wildman–Crippen MR) is 66.5 cm³/mol. The summed E-state index contributed by atoms with van der Waals surface area (Å²) in [6.07, 6.45) is 4.02. The molecule has 5 heteroatoms. The molecule has 0 radical (unpaired) electrons. The maximum atomic E-state index is 13.8.